The molecule has 24 heavy (non-hydrogen) atoms. The second-order valence-electron chi connectivity index (χ2n) is 7.62. The van der Waals surface area contributed by atoms with Crippen molar-refractivity contribution in [3.8, 4) is 16.8 Å². The van der Waals surface area contributed by atoms with Crippen molar-refractivity contribution in [2.45, 2.75) is 57.4 Å². The minimum atomic E-state index is -0.121. The zero-order valence-electron chi connectivity index (χ0n) is 15.0. The molecule has 0 spiro atoms. The molecule has 0 aromatic carbocycles. The van der Waals surface area contributed by atoms with Crippen LogP contribution in [0.15, 0.2) is 11.2 Å². The molecule has 0 bridgehead atoms. The van der Waals surface area contributed by atoms with Gasteiger partial charge in [-0.05, 0) is 49.1 Å². The van der Waals surface area contributed by atoms with Crippen LogP contribution in [-0.2, 0) is 19.9 Å². The second kappa shape index (κ2) is 6.53. The SMILES string of the molecule is CC(C#N)Sc1nnc(-c2cc3c(s2)CCC(C(C)(C)C)C3)n1C. The number of nitrogens with zero attached hydrogens (tertiary/aromatic N) is 4. The molecule has 2 unspecified atom stereocenters. The molecule has 3 rings (SSSR count). The minimum absolute atomic E-state index is 0.121. The van der Waals surface area contributed by atoms with E-state index in [2.05, 4.69) is 43.1 Å². The van der Waals surface area contributed by atoms with Crippen molar-refractivity contribution >= 4 is 23.1 Å². The van der Waals surface area contributed by atoms with E-state index in [-0.39, 0.29) is 5.25 Å². The van der Waals surface area contributed by atoms with Crippen LogP contribution in [0.25, 0.3) is 10.7 Å². The summed E-state index contributed by atoms with van der Waals surface area (Å²) >= 11 is 3.31. The lowest BCUT2D eigenvalue weighted by Crippen LogP contribution is -2.26. The van der Waals surface area contributed by atoms with Gasteiger partial charge in [0.25, 0.3) is 0 Å². The fourth-order valence-electron chi connectivity index (χ4n) is 3.19. The predicted molar refractivity (Wildman–Crippen MR) is 100 cm³/mol. The van der Waals surface area contributed by atoms with E-state index in [4.69, 9.17) is 5.26 Å². The Morgan fingerprint density at radius 3 is 2.83 bits per heavy atom. The van der Waals surface area contributed by atoms with Gasteiger partial charge in [-0.1, -0.05) is 32.5 Å². The van der Waals surface area contributed by atoms with Crippen molar-refractivity contribution in [3.63, 3.8) is 0 Å². The lowest BCUT2D eigenvalue weighted by Gasteiger charge is -2.33. The summed E-state index contributed by atoms with van der Waals surface area (Å²) in [5.74, 6) is 1.66. The van der Waals surface area contributed by atoms with Crippen LogP contribution in [0.2, 0.25) is 0 Å². The van der Waals surface area contributed by atoms with Crippen LogP contribution in [0.5, 0.6) is 0 Å². The van der Waals surface area contributed by atoms with Gasteiger partial charge in [-0.3, -0.25) is 0 Å². The Morgan fingerprint density at radius 2 is 2.17 bits per heavy atom. The van der Waals surface area contributed by atoms with Crippen molar-refractivity contribution in [2.75, 3.05) is 0 Å². The average Bonchev–Trinajstić information content (AvgIpc) is 3.09. The number of fused-ring (bicyclic) bond motifs is 1. The molecule has 0 saturated carbocycles. The average molecular weight is 361 g/mol. The smallest absolute Gasteiger partial charge is 0.192 e. The largest absolute Gasteiger partial charge is 0.304 e. The first-order chi connectivity index (χ1) is 11.3. The summed E-state index contributed by atoms with van der Waals surface area (Å²) in [4.78, 5) is 2.70. The summed E-state index contributed by atoms with van der Waals surface area (Å²) in [5, 5.41) is 18.3. The quantitative estimate of drug-likeness (QED) is 0.745. The number of thioether (sulfide) groups is 1. The van der Waals surface area contributed by atoms with E-state index in [9.17, 15) is 0 Å². The maximum atomic E-state index is 8.99. The van der Waals surface area contributed by atoms with Crippen LogP contribution < -0.4 is 0 Å². The van der Waals surface area contributed by atoms with Gasteiger partial charge in [0.1, 0.15) is 0 Å². The third-order valence-corrected chi connectivity index (χ3v) is 7.09. The molecular weight excluding hydrogens is 336 g/mol. The molecule has 2 aromatic rings. The van der Waals surface area contributed by atoms with Gasteiger partial charge in [0.05, 0.1) is 16.2 Å². The van der Waals surface area contributed by atoms with Crippen LogP contribution in [0.3, 0.4) is 0 Å². The molecule has 1 aliphatic carbocycles. The lowest BCUT2D eigenvalue weighted by atomic mass is 9.72. The normalized spacial score (nSPS) is 18.9. The molecule has 0 amide bonds. The van der Waals surface area contributed by atoms with Gasteiger partial charge < -0.3 is 4.57 Å². The molecule has 0 fully saturated rings. The van der Waals surface area contributed by atoms with Crippen LogP contribution in [0.1, 0.15) is 44.6 Å². The maximum absolute atomic E-state index is 8.99. The van der Waals surface area contributed by atoms with Crippen molar-refractivity contribution in [1.82, 2.24) is 14.8 Å². The van der Waals surface area contributed by atoms with Gasteiger partial charge in [0.2, 0.25) is 0 Å². The Kier molecular flexibility index (Phi) is 4.76. The highest BCUT2D eigenvalue weighted by Crippen LogP contribution is 2.42. The number of aromatic nitrogens is 3. The van der Waals surface area contributed by atoms with Crippen LogP contribution >= 0.6 is 23.1 Å². The molecule has 2 atom stereocenters. The Balaban J connectivity index is 1.86. The van der Waals surface area contributed by atoms with E-state index in [0.717, 1.165) is 16.9 Å². The van der Waals surface area contributed by atoms with Crippen molar-refractivity contribution in [2.24, 2.45) is 18.4 Å². The highest BCUT2D eigenvalue weighted by molar-refractivity contribution is 8.00. The molecule has 1 aliphatic rings. The monoisotopic (exact) mass is 360 g/mol. The first kappa shape index (κ1) is 17.5. The molecule has 0 N–H and O–H groups in total. The van der Waals surface area contributed by atoms with Crippen LogP contribution in [0, 0.1) is 22.7 Å². The highest BCUT2D eigenvalue weighted by atomic mass is 32.2. The maximum Gasteiger partial charge on any atom is 0.192 e. The third kappa shape index (κ3) is 3.38. The highest BCUT2D eigenvalue weighted by Gasteiger charge is 2.30. The predicted octanol–water partition coefficient (Wildman–Crippen LogP) is 4.70. The van der Waals surface area contributed by atoms with E-state index >= 15 is 0 Å². The number of hydrogen-bond acceptors (Lipinski definition) is 5. The summed E-state index contributed by atoms with van der Waals surface area (Å²) in [6, 6.07) is 4.54. The molecule has 0 aliphatic heterocycles. The molecular formula is C18H24N4S2. The number of nitriles is 1. The Hall–Kier alpha value is -1.32. The summed E-state index contributed by atoms with van der Waals surface area (Å²) in [6.45, 7) is 8.92. The molecule has 2 aromatic heterocycles. The van der Waals surface area contributed by atoms with E-state index in [1.807, 2.05) is 29.9 Å². The van der Waals surface area contributed by atoms with Gasteiger partial charge in [-0.15, -0.1) is 21.5 Å². The third-order valence-electron chi connectivity index (χ3n) is 4.83. The first-order valence-electron chi connectivity index (χ1n) is 8.37. The van der Waals surface area contributed by atoms with Gasteiger partial charge in [0.15, 0.2) is 11.0 Å². The number of thiophene rings is 1. The zero-order chi connectivity index (χ0) is 17.5. The minimum Gasteiger partial charge on any atom is -0.304 e. The first-order valence-corrected chi connectivity index (χ1v) is 10.1. The standard InChI is InChI=1S/C18H24N4S2/c1-11(10-19)23-17-21-20-16(22(17)5)15-9-12-8-13(18(2,3)4)6-7-14(12)24-15/h9,11,13H,6-8H2,1-5H3. The number of aryl methyl sites for hydroxylation is 1. The molecule has 6 heteroatoms. The van der Waals surface area contributed by atoms with E-state index in [1.165, 1.54) is 46.3 Å². The van der Waals surface area contributed by atoms with Crippen molar-refractivity contribution < 1.29 is 0 Å². The summed E-state index contributed by atoms with van der Waals surface area (Å²) in [6.07, 6.45) is 3.61. The van der Waals surface area contributed by atoms with Gasteiger partial charge in [0, 0.05) is 11.9 Å². The van der Waals surface area contributed by atoms with Gasteiger partial charge >= 0.3 is 0 Å². The molecule has 0 saturated heterocycles. The number of hydrogen-bond donors (Lipinski definition) is 0. The van der Waals surface area contributed by atoms with Crippen LogP contribution in [-0.4, -0.2) is 20.0 Å². The Bertz CT molecular complexity index is 776. The topological polar surface area (TPSA) is 54.5 Å². The molecule has 4 nitrogen and oxygen atoms in total. The molecule has 128 valence electrons. The van der Waals surface area contributed by atoms with Gasteiger partial charge in [-0.2, -0.15) is 5.26 Å². The van der Waals surface area contributed by atoms with E-state index in [0.29, 0.717) is 5.41 Å². The second-order valence-corrected chi connectivity index (χ2v) is 10.1. The van der Waals surface area contributed by atoms with E-state index in [1.54, 1.807) is 0 Å². The fraction of sp³-hybridized carbons (Fsp3) is 0.611. The summed E-state index contributed by atoms with van der Waals surface area (Å²) < 4.78 is 2.01. The van der Waals surface area contributed by atoms with Gasteiger partial charge in [-0.25, -0.2) is 0 Å². The molecule has 2 heterocycles. The Morgan fingerprint density at radius 1 is 1.42 bits per heavy atom. The number of rotatable bonds is 3. The van der Waals surface area contributed by atoms with E-state index < -0.39 is 0 Å². The Labute approximate surface area is 152 Å². The summed E-state index contributed by atoms with van der Waals surface area (Å²) in [7, 11) is 1.98. The fourth-order valence-corrected chi connectivity index (χ4v) is 5.12. The van der Waals surface area contributed by atoms with Crippen molar-refractivity contribution in [1.29, 1.82) is 5.26 Å². The van der Waals surface area contributed by atoms with Crippen LogP contribution in [0.4, 0.5) is 0 Å². The summed E-state index contributed by atoms with van der Waals surface area (Å²) in [5.41, 5.74) is 1.85. The van der Waals surface area contributed by atoms with Crippen molar-refractivity contribution in [3.05, 3.63) is 16.5 Å². The zero-order valence-corrected chi connectivity index (χ0v) is 16.6. The molecule has 0 radical (unpaired) electrons. The lowest BCUT2D eigenvalue weighted by molar-refractivity contribution is 0.217.